The monoisotopic (exact) mass is 280 g/mol. The molecule has 1 heterocycles. The molecule has 0 aromatic rings. The third kappa shape index (κ3) is 1.63. The highest BCUT2D eigenvalue weighted by atomic mass is 16.6. The van der Waals surface area contributed by atoms with Gasteiger partial charge in [-0.1, -0.05) is 6.58 Å². The normalized spacial score (nSPS) is 48.0. The minimum Gasteiger partial charge on any atom is -0.454 e. The van der Waals surface area contributed by atoms with Gasteiger partial charge < -0.3 is 20.1 Å². The number of fused-ring (bicyclic) bond motifs is 3. The Morgan fingerprint density at radius 3 is 2.65 bits per heavy atom. The van der Waals surface area contributed by atoms with Crippen LogP contribution in [0.5, 0.6) is 0 Å². The third-order valence-corrected chi connectivity index (χ3v) is 5.26. The molecule has 3 N–H and O–H groups in total. The van der Waals surface area contributed by atoms with E-state index in [-0.39, 0.29) is 12.3 Å². The summed E-state index contributed by atoms with van der Waals surface area (Å²) in [5, 5.41) is 31.1. The molecular formula is C15H20O5. The predicted molar refractivity (Wildman–Crippen MR) is 70.6 cm³/mol. The van der Waals surface area contributed by atoms with E-state index >= 15 is 0 Å². The molecule has 110 valence electrons. The van der Waals surface area contributed by atoms with Crippen LogP contribution < -0.4 is 0 Å². The van der Waals surface area contributed by atoms with Gasteiger partial charge in [-0.3, -0.25) is 0 Å². The first-order valence-electron chi connectivity index (χ1n) is 6.94. The van der Waals surface area contributed by atoms with Crippen LogP contribution in [-0.2, 0) is 9.53 Å². The number of hydrogen-bond acceptors (Lipinski definition) is 5. The van der Waals surface area contributed by atoms with Crippen molar-refractivity contribution in [2.24, 2.45) is 11.8 Å². The summed E-state index contributed by atoms with van der Waals surface area (Å²) in [5.41, 5.74) is 0.496. The summed E-state index contributed by atoms with van der Waals surface area (Å²) in [4.78, 5) is 11.7. The van der Waals surface area contributed by atoms with Crippen molar-refractivity contribution in [1.29, 1.82) is 0 Å². The molecule has 5 nitrogen and oxygen atoms in total. The van der Waals surface area contributed by atoms with Crippen molar-refractivity contribution in [3.63, 3.8) is 0 Å². The number of rotatable bonds is 0. The van der Waals surface area contributed by atoms with Crippen LogP contribution in [0, 0.1) is 11.8 Å². The van der Waals surface area contributed by atoms with Crippen molar-refractivity contribution in [2.45, 2.75) is 50.6 Å². The van der Waals surface area contributed by atoms with E-state index in [1.165, 1.54) is 0 Å². The van der Waals surface area contributed by atoms with Gasteiger partial charge in [-0.05, 0) is 37.8 Å². The maximum atomic E-state index is 11.7. The second-order valence-corrected chi connectivity index (χ2v) is 6.38. The molecule has 0 aromatic carbocycles. The number of aliphatic hydroxyl groups is 3. The Balaban J connectivity index is 2.14. The molecule has 1 saturated heterocycles. The Labute approximate surface area is 117 Å². The average molecular weight is 280 g/mol. The van der Waals surface area contributed by atoms with Crippen LogP contribution in [0.3, 0.4) is 0 Å². The molecule has 6 atom stereocenters. The molecule has 5 heteroatoms. The SMILES string of the molecule is C=C1C(=O)OC2C3=C(C)C(O)CC3C(C)(O)C(O)CC12. The summed E-state index contributed by atoms with van der Waals surface area (Å²) in [5.74, 6) is -1.18. The second-order valence-electron chi connectivity index (χ2n) is 6.38. The van der Waals surface area contributed by atoms with Gasteiger partial charge in [0.2, 0.25) is 0 Å². The quantitative estimate of drug-likeness (QED) is 0.337. The number of carbonyl (C=O) groups is 1. The van der Waals surface area contributed by atoms with Crippen LogP contribution in [0.4, 0.5) is 0 Å². The molecule has 0 bridgehead atoms. The lowest BCUT2D eigenvalue weighted by molar-refractivity contribution is -0.138. The van der Waals surface area contributed by atoms with Crippen LogP contribution in [0.25, 0.3) is 0 Å². The Hall–Kier alpha value is -1.17. The van der Waals surface area contributed by atoms with Crippen LogP contribution in [0.2, 0.25) is 0 Å². The van der Waals surface area contributed by atoms with Crippen molar-refractivity contribution >= 4 is 5.97 Å². The zero-order valence-corrected chi connectivity index (χ0v) is 11.7. The third-order valence-electron chi connectivity index (χ3n) is 5.26. The van der Waals surface area contributed by atoms with Crippen LogP contribution in [0.1, 0.15) is 26.7 Å². The van der Waals surface area contributed by atoms with Gasteiger partial charge in [0.05, 0.1) is 17.8 Å². The van der Waals surface area contributed by atoms with Gasteiger partial charge in [-0.2, -0.15) is 0 Å². The van der Waals surface area contributed by atoms with Gasteiger partial charge in [0, 0.05) is 17.4 Å². The summed E-state index contributed by atoms with van der Waals surface area (Å²) in [6, 6.07) is 0. The highest BCUT2D eigenvalue weighted by Gasteiger charge is 2.56. The van der Waals surface area contributed by atoms with Crippen LogP contribution >= 0.6 is 0 Å². The molecule has 0 spiro atoms. The van der Waals surface area contributed by atoms with Gasteiger partial charge in [-0.15, -0.1) is 0 Å². The van der Waals surface area contributed by atoms with E-state index in [1.54, 1.807) is 13.8 Å². The molecule has 2 fully saturated rings. The van der Waals surface area contributed by atoms with Crippen LogP contribution in [0.15, 0.2) is 23.3 Å². The number of ether oxygens (including phenoxy) is 1. The summed E-state index contributed by atoms with van der Waals surface area (Å²) < 4.78 is 5.40. The lowest BCUT2D eigenvalue weighted by Crippen LogP contribution is -2.46. The zero-order valence-electron chi connectivity index (χ0n) is 11.7. The number of hydrogen-bond donors (Lipinski definition) is 3. The molecule has 2 aliphatic carbocycles. The molecule has 0 amide bonds. The first kappa shape index (κ1) is 13.8. The van der Waals surface area contributed by atoms with E-state index in [9.17, 15) is 20.1 Å². The van der Waals surface area contributed by atoms with Crippen LogP contribution in [-0.4, -0.2) is 45.2 Å². The summed E-state index contributed by atoms with van der Waals surface area (Å²) in [7, 11) is 0. The highest BCUT2D eigenvalue weighted by molar-refractivity contribution is 5.91. The molecular weight excluding hydrogens is 260 g/mol. The van der Waals surface area contributed by atoms with Gasteiger partial charge in [0.25, 0.3) is 0 Å². The lowest BCUT2D eigenvalue weighted by atomic mass is 9.80. The van der Waals surface area contributed by atoms with E-state index in [1.807, 2.05) is 0 Å². The van der Waals surface area contributed by atoms with Gasteiger partial charge in [0.1, 0.15) is 6.10 Å². The van der Waals surface area contributed by atoms with E-state index in [2.05, 4.69) is 6.58 Å². The largest absolute Gasteiger partial charge is 0.454 e. The van der Waals surface area contributed by atoms with E-state index in [0.29, 0.717) is 12.0 Å². The van der Waals surface area contributed by atoms with Crippen molar-refractivity contribution < 1.29 is 24.9 Å². The number of aliphatic hydroxyl groups excluding tert-OH is 2. The maximum absolute atomic E-state index is 11.7. The molecule has 20 heavy (non-hydrogen) atoms. The molecule has 1 saturated carbocycles. The Morgan fingerprint density at radius 1 is 1.35 bits per heavy atom. The standard InChI is InChI=1S/C15H20O5/c1-6-8-4-11(17)15(3,19)9-5-10(16)7(2)12(9)13(8)20-14(6)18/h8-11,13,16-17,19H,1,4-5H2,2-3H3. The molecule has 0 radical (unpaired) electrons. The highest BCUT2D eigenvalue weighted by Crippen LogP contribution is 2.51. The second kappa shape index (κ2) is 4.16. The smallest absolute Gasteiger partial charge is 0.334 e. The predicted octanol–water partition coefficient (Wildman–Crippen LogP) is 0.297. The number of esters is 1. The summed E-state index contributed by atoms with van der Waals surface area (Å²) >= 11 is 0. The fourth-order valence-electron chi connectivity index (χ4n) is 3.83. The van der Waals surface area contributed by atoms with Crippen molar-refractivity contribution in [3.05, 3.63) is 23.3 Å². The van der Waals surface area contributed by atoms with Gasteiger partial charge >= 0.3 is 5.97 Å². The van der Waals surface area contributed by atoms with E-state index in [4.69, 9.17) is 4.74 Å². The topological polar surface area (TPSA) is 87.0 Å². The number of carbonyl (C=O) groups excluding carboxylic acids is 1. The average Bonchev–Trinajstić information content (AvgIpc) is 2.79. The molecule has 6 unspecified atom stereocenters. The minimum absolute atomic E-state index is 0.242. The zero-order chi connectivity index (χ0) is 14.8. The molecule has 3 rings (SSSR count). The Bertz CT molecular complexity index is 518. The van der Waals surface area contributed by atoms with Crippen molar-refractivity contribution in [1.82, 2.24) is 0 Å². The fourth-order valence-corrected chi connectivity index (χ4v) is 3.83. The summed E-state index contributed by atoms with van der Waals surface area (Å²) in [6.45, 7) is 7.12. The lowest BCUT2D eigenvalue weighted by Gasteiger charge is -2.34. The van der Waals surface area contributed by atoms with Gasteiger partial charge in [-0.25, -0.2) is 4.79 Å². The Morgan fingerprint density at radius 2 is 2.00 bits per heavy atom. The first-order valence-corrected chi connectivity index (χ1v) is 6.94. The van der Waals surface area contributed by atoms with Gasteiger partial charge in [0.15, 0.2) is 0 Å². The van der Waals surface area contributed by atoms with E-state index in [0.717, 1.165) is 11.1 Å². The van der Waals surface area contributed by atoms with E-state index < -0.39 is 35.8 Å². The molecule has 1 aliphatic heterocycles. The maximum Gasteiger partial charge on any atom is 0.334 e. The van der Waals surface area contributed by atoms with Crippen molar-refractivity contribution in [2.75, 3.05) is 0 Å². The first-order chi connectivity index (χ1) is 9.25. The van der Waals surface area contributed by atoms with Crippen molar-refractivity contribution in [3.8, 4) is 0 Å². The molecule has 3 aliphatic rings. The molecule has 0 aromatic heterocycles. The Kier molecular flexibility index (Phi) is 2.87. The summed E-state index contributed by atoms with van der Waals surface area (Å²) in [6.07, 6.45) is -1.58. The fraction of sp³-hybridized carbons (Fsp3) is 0.667. The minimum atomic E-state index is -1.34.